The van der Waals surface area contributed by atoms with Crippen molar-refractivity contribution in [1.82, 2.24) is 15.0 Å². The summed E-state index contributed by atoms with van der Waals surface area (Å²) in [4.78, 5) is 0. The van der Waals surface area contributed by atoms with E-state index in [0.717, 1.165) is 18.0 Å². The molecule has 0 aromatic carbocycles. The molecule has 0 radical (unpaired) electrons. The second-order valence-electron chi connectivity index (χ2n) is 2.93. The summed E-state index contributed by atoms with van der Waals surface area (Å²) in [6.45, 7) is 5.44. The predicted octanol–water partition coefficient (Wildman–Crippen LogP) is 0.678. The molecule has 11 heavy (non-hydrogen) atoms. The normalized spacial score (nSPS) is 23.3. The molecule has 1 aromatic heterocycles. The summed E-state index contributed by atoms with van der Waals surface area (Å²) in [5.74, 6) is 0. The molecule has 0 spiro atoms. The highest BCUT2D eigenvalue weighted by molar-refractivity contribution is 5.08. The first kappa shape index (κ1) is 6.79. The minimum Gasteiger partial charge on any atom is -0.373 e. The minimum absolute atomic E-state index is 0.333. The van der Waals surface area contributed by atoms with Gasteiger partial charge in [0.05, 0.1) is 30.6 Å². The van der Waals surface area contributed by atoms with Crippen molar-refractivity contribution in [3.8, 4) is 0 Å². The van der Waals surface area contributed by atoms with E-state index in [-0.39, 0.29) is 0 Å². The van der Waals surface area contributed by atoms with Crippen LogP contribution in [0.2, 0.25) is 0 Å². The van der Waals surface area contributed by atoms with Crippen molar-refractivity contribution in [1.29, 1.82) is 0 Å². The fraction of sp³-hybridized carbons (Fsp3) is 0.714. The second-order valence-corrected chi connectivity index (χ2v) is 2.93. The maximum Gasteiger partial charge on any atom is 0.0905 e. The van der Waals surface area contributed by atoms with Crippen LogP contribution in [0.4, 0.5) is 0 Å². The Hall–Kier alpha value is -0.900. The van der Waals surface area contributed by atoms with Crippen molar-refractivity contribution in [3.63, 3.8) is 0 Å². The van der Waals surface area contributed by atoms with Gasteiger partial charge in [-0.05, 0) is 13.8 Å². The summed E-state index contributed by atoms with van der Waals surface area (Å²) in [5.41, 5.74) is 2.10. The summed E-state index contributed by atoms with van der Waals surface area (Å²) < 4.78 is 7.29. The molecule has 4 nitrogen and oxygen atoms in total. The molecule has 4 heteroatoms. The van der Waals surface area contributed by atoms with Crippen LogP contribution < -0.4 is 0 Å². The van der Waals surface area contributed by atoms with Gasteiger partial charge in [0.15, 0.2) is 0 Å². The summed E-state index contributed by atoms with van der Waals surface area (Å²) >= 11 is 0. The molecule has 60 valence electrons. The molecule has 1 aromatic rings. The molecule has 1 aliphatic heterocycles. The van der Waals surface area contributed by atoms with Gasteiger partial charge in [0, 0.05) is 0 Å². The van der Waals surface area contributed by atoms with Crippen LogP contribution in [0, 0.1) is 6.92 Å². The highest BCUT2D eigenvalue weighted by atomic mass is 16.5. The standard InChI is InChI=1S/C7H11N3O/c1-5-3-11-4-7-6(2)8-9-10(5)7/h5H,3-4H2,1-2H3. The molecule has 0 fully saturated rings. The Balaban J connectivity index is 2.46. The van der Waals surface area contributed by atoms with Crippen LogP contribution in [0.3, 0.4) is 0 Å². The van der Waals surface area contributed by atoms with Gasteiger partial charge in [-0.25, -0.2) is 4.68 Å². The lowest BCUT2D eigenvalue weighted by atomic mass is 10.2. The second kappa shape index (κ2) is 2.30. The van der Waals surface area contributed by atoms with Gasteiger partial charge in [0.25, 0.3) is 0 Å². The number of ether oxygens (including phenoxy) is 1. The maximum absolute atomic E-state index is 5.35. The van der Waals surface area contributed by atoms with E-state index in [0.29, 0.717) is 12.6 Å². The molecule has 0 aliphatic carbocycles. The quantitative estimate of drug-likeness (QED) is 0.550. The Kier molecular flexibility index (Phi) is 1.42. The molecule has 0 saturated heterocycles. The molecule has 2 heterocycles. The van der Waals surface area contributed by atoms with Crippen LogP contribution in [0.25, 0.3) is 0 Å². The van der Waals surface area contributed by atoms with E-state index in [1.54, 1.807) is 0 Å². The van der Waals surface area contributed by atoms with Gasteiger partial charge in [-0.1, -0.05) is 5.21 Å². The van der Waals surface area contributed by atoms with Crippen LogP contribution >= 0.6 is 0 Å². The van der Waals surface area contributed by atoms with Crippen molar-refractivity contribution < 1.29 is 4.74 Å². The lowest BCUT2D eigenvalue weighted by Crippen LogP contribution is -2.22. The number of hydrogen-bond acceptors (Lipinski definition) is 3. The van der Waals surface area contributed by atoms with Crippen LogP contribution in [0.5, 0.6) is 0 Å². The lowest BCUT2D eigenvalue weighted by Gasteiger charge is -2.20. The van der Waals surface area contributed by atoms with Gasteiger partial charge in [-0.2, -0.15) is 0 Å². The van der Waals surface area contributed by atoms with Crippen molar-refractivity contribution in [3.05, 3.63) is 11.4 Å². The number of aromatic nitrogens is 3. The zero-order valence-electron chi connectivity index (χ0n) is 6.74. The highest BCUT2D eigenvalue weighted by Gasteiger charge is 2.19. The summed E-state index contributed by atoms with van der Waals surface area (Å²) in [6.07, 6.45) is 0. The summed E-state index contributed by atoms with van der Waals surface area (Å²) in [6, 6.07) is 0.333. The third-order valence-electron chi connectivity index (χ3n) is 2.00. The Morgan fingerprint density at radius 2 is 2.45 bits per heavy atom. The average molecular weight is 153 g/mol. The smallest absolute Gasteiger partial charge is 0.0905 e. The maximum atomic E-state index is 5.35. The Labute approximate surface area is 65.2 Å². The topological polar surface area (TPSA) is 39.9 Å². The van der Waals surface area contributed by atoms with E-state index in [1.165, 1.54) is 0 Å². The van der Waals surface area contributed by atoms with Gasteiger partial charge >= 0.3 is 0 Å². The fourth-order valence-electron chi connectivity index (χ4n) is 1.31. The fourth-order valence-corrected chi connectivity index (χ4v) is 1.31. The van der Waals surface area contributed by atoms with Gasteiger partial charge in [0.2, 0.25) is 0 Å². The van der Waals surface area contributed by atoms with Crippen LogP contribution in [-0.4, -0.2) is 21.6 Å². The zero-order chi connectivity index (χ0) is 7.84. The molecular formula is C7H11N3O. The van der Waals surface area contributed by atoms with E-state index < -0.39 is 0 Å². The van der Waals surface area contributed by atoms with Crippen LogP contribution in [0.15, 0.2) is 0 Å². The highest BCUT2D eigenvalue weighted by Crippen LogP contribution is 2.17. The average Bonchev–Trinajstić information content (AvgIpc) is 2.35. The Bertz CT molecular complexity index is 269. The first-order valence-corrected chi connectivity index (χ1v) is 3.77. The molecule has 0 N–H and O–H groups in total. The van der Waals surface area contributed by atoms with Crippen LogP contribution in [-0.2, 0) is 11.3 Å². The lowest BCUT2D eigenvalue weighted by molar-refractivity contribution is 0.0568. The van der Waals surface area contributed by atoms with Crippen molar-refractivity contribution in [2.75, 3.05) is 6.61 Å². The molecule has 0 bridgehead atoms. The monoisotopic (exact) mass is 153 g/mol. The van der Waals surface area contributed by atoms with E-state index in [9.17, 15) is 0 Å². The third-order valence-corrected chi connectivity index (χ3v) is 2.00. The number of aryl methyl sites for hydroxylation is 1. The first-order valence-electron chi connectivity index (χ1n) is 3.77. The number of rotatable bonds is 0. The van der Waals surface area contributed by atoms with Gasteiger partial charge < -0.3 is 4.74 Å². The summed E-state index contributed by atoms with van der Waals surface area (Å²) in [5, 5.41) is 8.01. The minimum atomic E-state index is 0.333. The molecule has 0 amide bonds. The van der Waals surface area contributed by atoms with Crippen molar-refractivity contribution >= 4 is 0 Å². The SMILES string of the molecule is Cc1nnn2c1COCC2C. The molecule has 0 saturated carbocycles. The van der Waals surface area contributed by atoms with Gasteiger partial charge in [0.1, 0.15) is 0 Å². The Morgan fingerprint density at radius 1 is 1.64 bits per heavy atom. The number of hydrogen-bond donors (Lipinski definition) is 0. The molecule has 1 atom stereocenters. The van der Waals surface area contributed by atoms with E-state index in [1.807, 2.05) is 11.6 Å². The zero-order valence-corrected chi connectivity index (χ0v) is 6.74. The van der Waals surface area contributed by atoms with Gasteiger partial charge in [-0.3, -0.25) is 0 Å². The molecule has 2 rings (SSSR count). The molecule has 1 unspecified atom stereocenters. The first-order chi connectivity index (χ1) is 5.29. The van der Waals surface area contributed by atoms with Crippen molar-refractivity contribution in [2.24, 2.45) is 0 Å². The van der Waals surface area contributed by atoms with E-state index in [4.69, 9.17) is 4.74 Å². The molecule has 1 aliphatic rings. The van der Waals surface area contributed by atoms with Gasteiger partial charge in [-0.15, -0.1) is 5.10 Å². The van der Waals surface area contributed by atoms with E-state index in [2.05, 4.69) is 17.2 Å². The predicted molar refractivity (Wildman–Crippen MR) is 39.1 cm³/mol. The third kappa shape index (κ3) is 0.939. The largest absolute Gasteiger partial charge is 0.373 e. The number of nitrogens with zero attached hydrogens (tertiary/aromatic N) is 3. The van der Waals surface area contributed by atoms with Crippen LogP contribution in [0.1, 0.15) is 24.4 Å². The Morgan fingerprint density at radius 3 is 3.18 bits per heavy atom. The summed E-state index contributed by atoms with van der Waals surface area (Å²) in [7, 11) is 0. The molecular weight excluding hydrogens is 142 g/mol. The van der Waals surface area contributed by atoms with E-state index >= 15 is 0 Å². The number of fused-ring (bicyclic) bond motifs is 1. The van der Waals surface area contributed by atoms with Crippen molar-refractivity contribution in [2.45, 2.75) is 26.5 Å².